The van der Waals surface area contributed by atoms with Crippen molar-refractivity contribution < 1.29 is 0 Å². The first kappa shape index (κ1) is 10.1. The Kier molecular flexibility index (Phi) is 2.98. The third-order valence-corrected chi connectivity index (χ3v) is 4.78. The van der Waals surface area contributed by atoms with Crippen molar-refractivity contribution in [2.24, 2.45) is 17.8 Å². The average Bonchev–Trinajstić information content (AvgIpc) is 2.79. The summed E-state index contributed by atoms with van der Waals surface area (Å²) < 4.78 is 0. The van der Waals surface area contributed by atoms with Gasteiger partial charge in [0, 0.05) is 19.6 Å². The molecule has 3 fully saturated rings. The number of hydrogen-bond acceptors (Lipinski definition) is 2. The van der Waals surface area contributed by atoms with Crippen LogP contribution in [0, 0.1) is 17.8 Å². The zero-order valence-electron chi connectivity index (χ0n) is 9.75. The minimum atomic E-state index is 0.991. The second kappa shape index (κ2) is 4.42. The van der Waals surface area contributed by atoms with Gasteiger partial charge < -0.3 is 10.2 Å². The maximum Gasteiger partial charge on any atom is 0.00130 e. The van der Waals surface area contributed by atoms with Gasteiger partial charge in [-0.1, -0.05) is 6.42 Å². The van der Waals surface area contributed by atoms with E-state index in [2.05, 4.69) is 10.2 Å². The quantitative estimate of drug-likeness (QED) is 0.743. The van der Waals surface area contributed by atoms with Crippen molar-refractivity contribution in [3.8, 4) is 0 Å². The van der Waals surface area contributed by atoms with Gasteiger partial charge in [-0.3, -0.25) is 0 Å². The van der Waals surface area contributed by atoms with E-state index in [-0.39, 0.29) is 0 Å². The first-order valence-electron chi connectivity index (χ1n) is 6.85. The first-order chi connectivity index (χ1) is 7.42. The van der Waals surface area contributed by atoms with E-state index in [1.54, 1.807) is 0 Å². The molecule has 2 saturated heterocycles. The molecule has 2 aliphatic heterocycles. The number of piperidine rings is 1. The molecule has 0 radical (unpaired) electrons. The van der Waals surface area contributed by atoms with Crippen LogP contribution in [0.1, 0.15) is 32.1 Å². The van der Waals surface area contributed by atoms with Gasteiger partial charge in [-0.05, 0) is 56.5 Å². The maximum atomic E-state index is 3.46. The lowest BCUT2D eigenvalue weighted by molar-refractivity contribution is 0.228. The normalized spacial score (nSPS) is 38.4. The highest BCUT2D eigenvalue weighted by Gasteiger charge is 2.36. The highest BCUT2D eigenvalue weighted by molar-refractivity contribution is 4.89. The van der Waals surface area contributed by atoms with E-state index < -0.39 is 0 Å². The Morgan fingerprint density at radius 2 is 1.60 bits per heavy atom. The van der Waals surface area contributed by atoms with Crippen LogP contribution in [0.5, 0.6) is 0 Å². The van der Waals surface area contributed by atoms with Crippen LogP contribution in [-0.2, 0) is 0 Å². The standard InChI is InChI=1S/C13H24N2/c1-2-12-9-15(10-13(12)3-1)8-11-4-6-14-7-5-11/h11-14H,1-10H2. The predicted molar refractivity (Wildman–Crippen MR) is 62.9 cm³/mol. The van der Waals surface area contributed by atoms with Crippen molar-refractivity contribution in [2.75, 3.05) is 32.7 Å². The first-order valence-corrected chi connectivity index (χ1v) is 6.85. The van der Waals surface area contributed by atoms with Crippen LogP contribution in [0.4, 0.5) is 0 Å². The van der Waals surface area contributed by atoms with Crippen molar-refractivity contribution in [3.63, 3.8) is 0 Å². The van der Waals surface area contributed by atoms with Gasteiger partial charge >= 0.3 is 0 Å². The number of nitrogens with one attached hydrogen (secondary N) is 1. The fraction of sp³-hybridized carbons (Fsp3) is 1.00. The van der Waals surface area contributed by atoms with Crippen molar-refractivity contribution >= 4 is 0 Å². The largest absolute Gasteiger partial charge is 0.317 e. The molecule has 2 unspecified atom stereocenters. The molecule has 1 saturated carbocycles. The molecular formula is C13H24N2. The van der Waals surface area contributed by atoms with Gasteiger partial charge in [0.1, 0.15) is 0 Å². The average molecular weight is 208 g/mol. The van der Waals surface area contributed by atoms with Crippen molar-refractivity contribution in [1.82, 2.24) is 10.2 Å². The van der Waals surface area contributed by atoms with Gasteiger partial charge in [0.05, 0.1) is 0 Å². The van der Waals surface area contributed by atoms with Crippen molar-refractivity contribution in [2.45, 2.75) is 32.1 Å². The van der Waals surface area contributed by atoms with Crippen molar-refractivity contribution in [3.05, 3.63) is 0 Å². The summed E-state index contributed by atoms with van der Waals surface area (Å²) in [5.41, 5.74) is 0. The Labute approximate surface area is 93.4 Å². The molecule has 0 aromatic carbocycles. The van der Waals surface area contributed by atoms with Crippen LogP contribution in [0.15, 0.2) is 0 Å². The fourth-order valence-corrected chi connectivity index (χ4v) is 3.91. The molecule has 2 heteroatoms. The minimum absolute atomic E-state index is 0.991. The van der Waals surface area contributed by atoms with Crippen molar-refractivity contribution in [1.29, 1.82) is 0 Å². The summed E-state index contributed by atoms with van der Waals surface area (Å²) in [7, 11) is 0. The highest BCUT2D eigenvalue weighted by Crippen LogP contribution is 2.38. The zero-order valence-corrected chi connectivity index (χ0v) is 9.75. The van der Waals surface area contributed by atoms with Crippen LogP contribution in [0.25, 0.3) is 0 Å². The van der Waals surface area contributed by atoms with E-state index >= 15 is 0 Å². The lowest BCUT2D eigenvalue weighted by Crippen LogP contribution is -2.35. The Morgan fingerprint density at radius 3 is 2.27 bits per heavy atom. The second-order valence-corrected chi connectivity index (χ2v) is 5.86. The van der Waals surface area contributed by atoms with Gasteiger partial charge in [-0.15, -0.1) is 0 Å². The number of rotatable bonds is 2. The molecule has 2 nitrogen and oxygen atoms in total. The molecule has 3 rings (SSSR count). The van der Waals surface area contributed by atoms with Crippen LogP contribution >= 0.6 is 0 Å². The molecule has 2 atom stereocenters. The van der Waals surface area contributed by atoms with Gasteiger partial charge in [-0.25, -0.2) is 0 Å². The molecule has 0 amide bonds. The van der Waals surface area contributed by atoms with Gasteiger partial charge in [-0.2, -0.15) is 0 Å². The summed E-state index contributed by atoms with van der Waals surface area (Å²) in [5, 5.41) is 3.46. The molecule has 0 spiro atoms. The van der Waals surface area contributed by atoms with Crippen LogP contribution in [-0.4, -0.2) is 37.6 Å². The van der Waals surface area contributed by atoms with E-state index in [0.717, 1.165) is 17.8 Å². The molecule has 2 heterocycles. The van der Waals surface area contributed by atoms with E-state index in [0.29, 0.717) is 0 Å². The predicted octanol–water partition coefficient (Wildman–Crippen LogP) is 1.72. The fourth-order valence-electron chi connectivity index (χ4n) is 3.91. The molecule has 0 aromatic rings. The molecule has 0 bridgehead atoms. The summed E-state index contributed by atoms with van der Waals surface area (Å²) in [6, 6.07) is 0. The summed E-state index contributed by atoms with van der Waals surface area (Å²) in [4.78, 5) is 2.77. The molecule has 15 heavy (non-hydrogen) atoms. The lowest BCUT2D eigenvalue weighted by atomic mass is 9.97. The summed E-state index contributed by atoms with van der Waals surface area (Å²) >= 11 is 0. The Morgan fingerprint density at radius 1 is 0.933 bits per heavy atom. The zero-order chi connectivity index (χ0) is 10.1. The van der Waals surface area contributed by atoms with Crippen LogP contribution in [0.2, 0.25) is 0 Å². The summed E-state index contributed by atoms with van der Waals surface area (Å²) in [5.74, 6) is 3.14. The third kappa shape index (κ3) is 2.21. The van der Waals surface area contributed by atoms with Crippen LogP contribution in [0.3, 0.4) is 0 Å². The Hall–Kier alpha value is -0.0800. The topological polar surface area (TPSA) is 15.3 Å². The smallest absolute Gasteiger partial charge is 0.00130 e. The van der Waals surface area contributed by atoms with E-state index in [1.165, 1.54) is 64.8 Å². The SMILES string of the molecule is C1CC2CN(CC3CCNCC3)CC2C1. The monoisotopic (exact) mass is 208 g/mol. The van der Waals surface area contributed by atoms with E-state index in [9.17, 15) is 0 Å². The van der Waals surface area contributed by atoms with Gasteiger partial charge in [0.2, 0.25) is 0 Å². The lowest BCUT2D eigenvalue weighted by Gasteiger charge is -2.27. The molecule has 1 aliphatic carbocycles. The molecule has 86 valence electrons. The third-order valence-electron chi connectivity index (χ3n) is 4.78. The minimum Gasteiger partial charge on any atom is -0.317 e. The van der Waals surface area contributed by atoms with E-state index in [4.69, 9.17) is 0 Å². The second-order valence-electron chi connectivity index (χ2n) is 5.86. The number of nitrogens with zero attached hydrogens (tertiary/aromatic N) is 1. The van der Waals surface area contributed by atoms with Gasteiger partial charge in [0.15, 0.2) is 0 Å². The van der Waals surface area contributed by atoms with Crippen LogP contribution < -0.4 is 5.32 Å². The van der Waals surface area contributed by atoms with Gasteiger partial charge in [0.25, 0.3) is 0 Å². The maximum absolute atomic E-state index is 3.46. The molecular weight excluding hydrogens is 184 g/mol. The molecule has 0 aromatic heterocycles. The number of fused-ring (bicyclic) bond motifs is 1. The summed E-state index contributed by atoms with van der Waals surface area (Å²) in [6.07, 6.45) is 7.37. The molecule has 3 aliphatic rings. The number of hydrogen-bond donors (Lipinski definition) is 1. The number of likely N-dealkylation sites (tertiary alicyclic amines) is 1. The Balaban J connectivity index is 1.48. The highest BCUT2D eigenvalue weighted by atomic mass is 15.2. The van der Waals surface area contributed by atoms with E-state index in [1.807, 2.05) is 0 Å². The molecule has 1 N–H and O–H groups in total. The Bertz CT molecular complexity index is 199. The summed E-state index contributed by atoms with van der Waals surface area (Å²) in [6.45, 7) is 6.76.